The van der Waals surface area contributed by atoms with Crippen molar-refractivity contribution in [2.75, 3.05) is 13.2 Å². The molecule has 0 amide bonds. The van der Waals surface area contributed by atoms with Crippen molar-refractivity contribution >= 4 is 0 Å². The molecule has 2 rings (SSSR count). The smallest absolute Gasteiger partial charge is 0.160 e. The van der Waals surface area contributed by atoms with Crippen LogP contribution in [0.15, 0.2) is 0 Å². The van der Waals surface area contributed by atoms with E-state index in [1.165, 1.54) is 18.4 Å². The van der Waals surface area contributed by atoms with Gasteiger partial charge < -0.3 is 10.5 Å². The van der Waals surface area contributed by atoms with E-state index in [2.05, 4.69) is 27.7 Å². The third kappa shape index (κ3) is 3.43. The fourth-order valence-corrected chi connectivity index (χ4v) is 3.39. The molecule has 1 fully saturated rings. The number of hydrogen-bond acceptors (Lipinski definition) is 4. The maximum atomic E-state index is 6.16. The second kappa shape index (κ2) is 6.84. The van der Waals surface area contributed by atoms with Crippen LogP contribution in [-0.2, 0) is 16.8 Å². The van der Waals surface area contributed by atoms with Crippen molar-refractivity contribution in [3.05, 3.63) is 22.8 Å². The Bertz CT molecular complexity index is 456. The Kier molecular flexibility index (Phi) is 5.33. The van der Waals surface area contributed by atoms with Crippen LogP contribution in [0.25, 0.3) is 0 Å². The van der Waals surface area contributed by atoms with Crippen LogP contribution >= 0.6 is 0 Å². The van der Waals surface area contributed by atoms with Gasteiger partial charge in [0.1, 0.15) is 5.60 Å². The molecule has 4 heteroatoms. The topological polar surface area (TPSA) is 61.0 Å². The van der Waals surface area contributed by atoms with Gasteiger partial charge in [-0.2, -0.15) is 0 Å². The lowest BCUT2D eigenvalue weighted by molar-refractivity contribution is -0.0839. The van der Waals surface area contributed by atoms with Crippen molar-refractivity contribution in [3.63, 3.8) is 0 Å². The predicted molar refractivity (Wildman–Crippen MR) is 85.2 cm³/mol. The van der Waals surface area contributed by atoms with E-state index < -0.39 is 0 Å². The minimum Gasteiger partial charge on any atom is -0.367 e. The van der Waals surface area contributed by atoms with Gasteiger partial charge in [-0.1, -0.05) is 6.92 Å². The average molecular weight is 291 g/mol. The molecular formula is C17H29N3O. The van der Waals surface area contributed by atoms with Crippen molar-refractivity contribution < 1.29 is 4.74 Å². The molecule has 0 atom stereocenters. The van der Waals surface area contributed by atoms with Gasteiger partial charge in [0, 0.05) is 18.0 Å². The quantitative estimate of drug-likeness (QED) is 0.906. The van der Waals surface area contributed by atoms with E-state index in [0.717, 1.165) is 42.4 Å². The zero-order chi connectivity index (χ0) is 15.5. The molecule has 1 aromatic rings. The highest BCUT2D eigenvalue weighted by Gasteiger charge is 2.39. The van der Waals surface area contributed by atoms with Crippen LogP contribution in [0.1, 0.15) is 62.3 Å². The zero-order valence-corrected chi connectivity index (χ0v) is 13.9. The number of nitrogens with two attached hydrogens (primary N) is 1. The van der Waals surface area contributed by atoms with Crippen molar-refractivity contribution in [2.24, 2.45) is 11.7 Å². The molecule has 118 valence electrons. The highest BCUT2D eigenvalue weighted by Crippen LogP contribution is 2.41. The first-order valence-electron chi connectivity index (χ1n) is 8.21. The second-order valence-electron chi connectivity index (χ2n) is 6.35. The Morgan fingerprint density at radius 2 is 1.76 bits per heavy atom. The minimum absolute atomic E-state index is 0.280. The van der Waals surface area contributed by atoms with E-state index in [0.29, 0.717) is 13.2 Å². The van der Waals surface area contributed by atoms with Crippen molar-refractivity contribution in [1.82, 2.24) is 9.97 Å². The zero-order valence-electron chi connectivity index (χ0n) is 13.9. The molecule has 4 nitrogen and oxygen atoms in total. The van der Waals surface area contributed by atoms with Crippen LogP contribution in [0.2, 0.25) is 0 Å². The van der Waals surface area contributed by atoms with Gasteiger partial charge in [-0.05, 0) is 70.9 Å². The van der Waals surface area contributed by atoms with Gasteiger partial charge in [0.2, 0.25) is 0 Å². The first-order valence-corrected chi connectivity index (χ1v) is 8.21. The van der Waals surface area contributed by atoms with Crippen LogP contribution in [0, 0.1) is 19.8 Å². The van der Waals surface area contributed by atoms with E-state index >= 15 is 0 Å². The largest absolute Gasteiger partial charge is 0.367 e. The number of rotatable bonds is 5. The third-order valence-corrected chi connectivity index (χ3v) is 4.73. The number of aryl methyl sites for hydroxylation is 2. The Morgan fingerprint density at radius 1 is 1.19 bits per heavy atom. The highest BCUT2D eigenvalue weighted by molar-refractivity contribution is 5.26. The highest BCUT2D eigenvalue weighted by atomic mass is 16.5. The summed E-state index contributed by atoms with van der Waals surface area (Å²) in [6.07, 6.45) is 5.27. The summed E-state index contributed by atoms with van der Waals surface area (Å²) in [5.74, 6) is 1.66. The minimum atomic E-state index is -0.280. The van der Waals surface area contributed by atoms with Gasteiger partial charge in [0.15, 0.2) is 5.82 Å². The lowest BCUT2D eigenvalue weighted by Gasteiger charge is -2.38. The molecule has 1 heterocycles. The molecule has 2 N–H and O–H groups in total. The SMILES string of the molecule is CCOC1(c2nc(C)c(CCN)c(C)n2)CCC(C)CC1. The molecule has 0 aliphatic heterocycles. The Labute approximate surface area is 128 Å². The monoisotopic (exact) mass is 291 g/mol. The number of ether oxygens (including phenoxy) is 1. The summed E-state index contributed by atoms with van der Waals surface area (Å²) < 4.78 is 6.16. The molecule has 0 radical (unpaired) electrons. The standard InChI is InChI=1S/C17H29N3O/c1-5-21-17(9-6-12(2)7-10-17)16-19-13(3)15(8-11-18)14(4)20-16/h12H,5-11,18H2,1-4H3. The molecule has 0 saturated heterocycles. The second-order valence-corrected chi connectivity index (χ2v) is 6.35. The first kappa shape index (κ1) is 16.4. The molecule has 0 unspecified atom stereocenters. The number of nitrogens with zero attached hydrogens (tertiary/aromatic N) is 2. The lowest BCUT2D eigenvalue weighted by Crippen LogP contribution is -2.37. The fraction of sp³-hybridized carbons (Fsp3) is 0.765. The van der Waals surface area contributed by atoms with E-state index in [1.807, 2.05) is 0 Å². The van der Waals surface area contributed by atoms with Crippen LogP contribution in [-0.4, -0.2) is 23.1 Å². The third-order valence-electron chi connectivity index (χ3n) is 4.73. The molecule has 1 aromatic heterocycles. The van der Waals surface area contributed by atoms with Crippen molar-refractivity contribution in [2.45, 2.75) is 65.4 Å². The van der Waals surface area contributed by atoms with Gasteiger partial charge in [-0.25, -0.2) is 9.97 Å². The first-order chi connectivity index (χ1) is 10.0. The van der Waals surface area contributed by atoms with E-state index in [-0.39, 0.29) is 5.60 Å². The normalized spacial score (nSPS) is 26.0. The van der Waals surface area contributed by atoms with E-state index in [1.54, 1.807) is 0 Å². The van der Waals surface area contributed by atoms with Gasteiger partial charge in [0.25, 0.3) is 0 Å². The predicted octanol–water partition coefficient (Wildman–Crippen LogP) is 3.04. The van der Waals surface area contributed by atoms with Gasteiger partial charge >= 0.3 is 0 Å². The summed E-state index contributed by atoms with van der Waals surface area (Å²) in [6.45, 7) is 9.85. The molecule has 1 aliphatic carbocycles. The van der Waals surface area contributed by atoms with E-state index in [4.69, 9.17) is 20.4 Å². The average Bonchev–Trinajstić information content (AvgIpc) is 2.45. The summed E-state index contributed by atoms with van der Waals surface area (Å²) in [6, 6.07) is 0. The van der Waals surface area contributed by atoms with Gasteiger partial charge in [-0.15, -0.1) is 0 Å². The number of hydrogen-bond donors (Lipinski definition) is 1. The van der Waals surface area contributed by atoms with Gasteiger partial charge in [0.05, 0.1) is 0 Å². The Morgan fingerprint density at radius 3 is 2.24 bits per heavy atom. The molecule has 0 spiro atoms. The summed E-state index contributed by atoms with van der Waals surface area (Å²) in [7, 11) is 0. The fourth-order valence-electron chi connectivity index (χ4n) is 3.39. The Hall–Kier alpha value is -1.00. The lowest BCUT2D eigenvalue weighted by atomic mass is 9.78. The summed E-state index contributed by atoms with van der Waals surface area (Å²) >= 11 is 0. The molecule has 1 saturated carbocycles. The van der Waals surface area contributed by atoms with Gasteiger partial charge in [-0.3, -0.25) is 0 Å². The molecule has 0 aromatic carbocycles. The summed E-state index contributed by atoms with van der Waals surface area (Å²) in [4.78, 5) is 9.60. The van der Waals surface area contributed by atoms with Crippen molar-refractivity contribution in [3.8, 4) is 0 Å². The molecule has 0 bridgehead atoms. The number of aromatic nitrogens is 2. The maximum Gasteiger partial charge on any atom is 0.160 e. The van der Waals surface area contributed by atoms with Crippen LogP contribution in [0.4, 0.5) is 0 Å². The summed E-state index contributed by atoms with van der Waals surface area (Å²) in [5, 5.41) is 0. The Balaban J connectivity index is 2.37. The summed E-state index contributed by atoms with van der Waals surface area (Å²) in [5.41, 5.74) is 8.71. The van der Waals surface area contributed by atoms with Crippen LogP contribution in [0.3, 0.4) is 0 Å². The van der Waals surface area contributed by atoms with Crippen LogP contribution < -0.4 is 5.73 Å². The maximum absolute atomic E-state index is 6.16. The van der Waals surface area contributed by atoms with Crippen molar-refractivity contribution in [1.29, 1.82) is 0 Å². The molecule has 21 heavy (non-hydrogen) atoms. The molecule has 1 aliphatic rings. The van der Waals surface area contributed by atoms with E-state index in [9.17, 15) is 0 Å². The molecular weight excluding hydrogens is 262 g/mol. The van der Waals surface area contributed by atoms with Crippen LogP contribution in [0.5, 0.6) is 0 Å².